The van der Waals surface area contributed by atoms with E-state index >= 15 is 0 Å². The van der Waals surface area contributed by atoms with Crippen LogP contribution in [0.15, 0.2) is 18.3 Å². The first-order valence-corrected chi connectivity index (χ1v) is 7.79. The molecule has 0 aromatic carbocycles. The molecule has 110 valence electrons. The van der Waals surface area contributed by atoms with Gasteiger partial charge in [-0.25, -0.2) is 0 Å². The van der Waals surface area contributed by atoms with Crippen molar-refractivity contribution in [1.82, 2.24) is 9.88 Å². The van der Waals surface area contributed by atoms with Crippen molar-refractivity contribution in [3.8, 4) is 0 Å². The minimum absolute atomic E-state index is 0.754. The summed E-state index contributed by atoms with van der Waals surface area (Å²) in [7, 11) is 0. The van der Waals surface area contributed by atoms with E-state index in [1.807, 2.05) is 6.20 Å². The van der Waals surface area contributed by atoms with Gasteiger partial charge in [-0.05, 0) is 44.4 Å². The molecule has 2 saturated heterocycles. The van der Waals surface area contributed by atoms with Crippen LogP contribution in [0, 0.1) is 12.8 Å². The number of aromatic nitrogens is 1. The van der Waals surface area contributed by atoms with Gasteiger partial charge in [-0.2, -0.15) is 0 Å². The zero-order valence-corrected chi connectivity index (χ0v) is 12.4. The SMILES string of the molecule is Cc1cc(N2CCCN(C[C@@H]3CCOC3)CC2)ccn1. The predicted octanol–water partition coefficient (Wildman–Crippen LogP) is 1.94. The molecule has 20 heavy (non-hydrogen) atoms. The summed E-state index contributed by atoms with van der Waals surface area (Å²) in [6.45, 7) is 9.86. The van der Waals surface area contributed by atoms with Crippen molar-refractivity contribution in [2.24, 2.45) is 5.92 Å². The standard InChI is InChI=1S/C16H25N3O/c1-14-11-16(3-5-17-14)19-7-2-6-18(8-9-19)12-15-4-10-20-13-15/h3,5,11,15H,2,4,6-10,12-13H2,1H3/t15-/m0/s1. The number of nitrogens with zero attached hydrogens (tertiary/aromatic N) is 3. The molecule has 2 fully saturated rings. The molecule has 2 aliphatic heterocycles. The van der Waals surface area contributed by atoms with Gasteiger partial charge in [0.2, 0.25) is 0 Å². The van der Waals surface area contributed by atoms with E-state index in [0.717, 1.165) is 44.5 Å². The molecular weight excluding hydrogens is 250 g/mol. The van der Waals surface area contributed by atoms with Crippen molar-refractivity contribution in [3.63, 3.8) is 0 Å². The quantitative estimate of drug-likeness (QED) is 0.843. The lowest BCUT2D eigenvalue weighted by Gasteiger charge is -2.25. The smallest absolute Gasteiger partial charge is 0.0507 e. The van der Waals surface area contributed by atoms with E-state index in [0.29, 0.717) is 0 Å². The first kappa shape index (κ1) is 13.8. The highest BCUT2D eigenvalue weighted by molar-refractivity contribution is 5.46. The maximum atomic E-state index is 5.49. The largest absolute Gasteiger partial charge is 0.381 e. The lowest BCUT2D eigenvalue weighted by atomic mass is 10.1. The third-order valence-corrected chi connectivity index (χ3v) is 4.37. The van der Waals surface area contributed by atoms with Crippen molar-refractivity contribution in [1.29, 1.82) is 0 Å². The molecule has 2 aliphatic rings. The number of ether oxygens (including phenoxy) is 1. The third kappa shape index (κ3) is 3.49. The summed E-state index contributed by atoms with van der Waals surface area (Å²) in [6.07, 6.45) is 4.40. The highest BCUT2D eigenvalue weighted by Crippen LogP contribution is 2.19. The van der Waals surface area contributed by atoms with Gasteiger partial charge in [0.05, 0.1) is 6.61 Å². The number of hydrogen-bond donors (Lipinski definition) is 0. The molecule has 4 heteroatoms. The van der Waals surface area contributed by atoms with Crippen LogP contribution in [0.4, 0.5) is 5.69 Å². The Morgan fingerprint density at radius 3 is 3.05 bits per heavy atom. The van der Waals surface area contributed by atoms with Crippen molar-refractivity contribution in [3.05, 3.63) is 24.0 Å². The van der Waals surface area contributed by atoms with E-state index in [-0.39, 0.29) is 0 Å². The summed E-state index contributed by atoms with van der Waals surface area (Å²) in [5.41, 5.74) is 2.43. The Kier molecular flexibility index (Phi) is 4.53. The summed E-state index contributed by atoms with van der Waals surface area (Å²) in [5, 5.41) is 0. The highest BCUT2D eigenvalue weighted by Gasteiger charge is 2.21. The molecule has 0 unspecified atom stereocenters. The normalized spacial score (nSPS) is 24.9. The molecule has 0 radical (unpaired) electrons. The maximum Gasteiger partial charge on any atom is 0.0507 e. The molecule has 0 spiro atoms. The Morgan fingerprint density at radius 2 is 2.25 bits per heavy atom. The number of anilines is 1. The van der Waals surface area contributed by atoms with Gasteiger partial charge < -0.3 is 14.5 Å². The zero-order valence-electron chi connectivity index (χ0n) is 12.4. The van der Waals surface area contributed by atoms with E-state index in [2.05, 4.69) is 33.8 Å². The van der Waals surface area contributed by atoms with Crippen molar-refractivity contribution >= 4 is 5.69 Å². The maximum absolute atomic E-state index is 5.49. The van der Waals surface area contributed by atoms with Crippen LogP contribution >= 0.6 is 0 Å². The van der Waals surface area contributed by atoms with Crippen molar-refractivity contribution in [2.75, 3.05) is 50.8 Å². The van der Waals surface area contributed by atoms with E-state index in [1.54, 1.807) is 0 Å². The molecule has 0 aliphatic carbocycles. The van der Waals surface area contributed by atoms with Crippen LogP contribution in [0.3, 0.4) is 0 Å². The number of aryl methyl sites for hydroxylation is 1. The Balaban J connectivity index is 1.56. The predicted molar refractivity (Wildman–Crippen MR) is 81.2 cm³/mol. The fourth-order valence-electron chi connectivity index (χ4n) is 3.23. The first-order chi connectivity index (χ1) is 9.81. The van der Waals surface area contributed by atoms with Gasteiger partial charge in [0.25, 0.3) is 0 Å². The fraction of sp³-hybridized carbons (Fsp3) is 0.688. The Hall–Kier alpha value is -1.13. The van der Waals surface area contributed by atoms with Gasteiger partial charge in [-0.3, -0.25) is 4.98 Å². The monoisotopic (exact) mass is 275 g/mol. The van der Waals surface area contributed by atoms with Crippen LogP contribution in [-0.2, 0) is 4.74 Å². The van der Waals surface area contributed by atoms with Crippen LogP contribution in [0.2, 0.25) is 0 Å². The second-order valence-electron chi connectivity index (χ2n) is 6.03. The highest BCUT2D eigenvalue weighted by atomic mass is 16.5. The van der Waals surface area contributed by atoms with Crippen LogP contribution < -0.4 is 4.90 Å². The van der Waals surface area contributed by atoms with E-state index in [9.17, 15) is 0 Å². The molecule has 1 aromatic rings. The Bertz CT molecular complexity index is 431. The average Bonchev–Trinajstić information content (AvgIpc) is 2.84. The molecule has 0 amide bonds. The van der Waals surface area contributed by atoms with Gasteiger partial charge in [0.15, 0.2) is 0 Å². The molecule has 0 N–H and O–H groups in total. The number of hydrogen-bond acceptors (Lipinski definition) is 4. The second kappa shape index (κ2) is 6.55. The summed E-state index contributed by atoms with van der Waals surface area (Å²) < 4.78 is 5.49. The summed E-state index contributed by atoms with van der Waals surface area (Å²) in [6, 6.07) is 4.33. The topological polar surface area (TPSA) is 28.6 Å². The first-order valence-electron chi connectivity index (χ1n) is 7.79. The third-order valence-electron chi connectivity index (χ3n) is 4.37. The van der Waals surface area contributed by atoms with Crippen molar-refractivity contribution in [2.45, 2.75) is 19.8 Å². The molecular formula is C16H25N3O. The zero-order chi connectivity index (χ0) is 13.8. The molecule has 0 saturated carbocycles. The molecule has 3 rings (SSSR count). The molecule has 3 heterocycles. The van der Waals surface area contributed by atoms with Gasteiger partial charge >= 0.3 is 0 Å². The van der Waals surface area contributed by atoms with Gasteiger partial charge in [0.1, 0.15) is 0 Å². The fourth-order valence-corrected chi connectivity index (χ4v) is 3.23. The molecule has 4 nitrogen and oxygen atoms in total. The summed E-state index contributed by atoms with van der Waals surface area (Å²) in [4.78, 5) is 9.41. The van der Waals surface area contributed by atoms with Gasteiger partial charge in [0, 0.05) is 50.4 Å². The lowest BCUT2D eigenvalue weighted by molar-refractivity contribution is 0.169. The molecule has 1 aromatic heterocycles. The summed E-state index contributed by atoms with van der Waals surface area (Å²) in [5.74, 6) is 0.754. The number of pyridine rings is 1. The molecule has 1 atom stereocenters. The minimum atomic E-state index is 0.754. The summed E-state index contributed by atoms with van der Waals surface area (Å²) >= 11 is 0. The van der Waals surface area contributed by atoms with E-state index in [4.69, 9.17) is 4.74 Å². The van der Waals surface area contributed by atoms with Gasteiger partial charge in [-0.1, -0.05) is 0 Å². The lowest BCUT2D eigenvalue weighted by Crippen LogP contribution is -2.34. The van der Waals surface area contributed by atoms with Crippen LogP contribution in [0.1, 0.15) is 18.5 Å². The van der Waals surface area contributed by atoms with Crippen LogP contribution in [-0.4, -0.2) is 55.8 Å². The van der Waals surface area contributed by atoms with E-state index in [1.165, 1.54) is 31.6 Å². The van der Waals surface area contributed by atoms with E-state index < -0.39 is 0 Å². The Labute approximate surface area is 121 Å². The Morgan fingerprint density at radius 1 is 1.30 bits per heavy atom. The van der Waals surface area contributed by atoms with Gasteiger partial charge in [-0.15, -0.1) is 0 Å². The average molecular weight is 275 g/mol. The van der Waals surface area contributed by atoms with Crippen LogP contribution in [0.25, 0.3) is 0 Å². The van der Waals surface area contributed by atoms with Crippen LogP contribution in [0.5, 0.6) is 0 Å². The second-order valence-corrected chi connectivity index (χ2v) is 6.03. The minimum Gasteiger partial charge on any atom is -0.381 e. The number of rotatable bonds is 3. The van der Waals surface area contributed by atoms with Crippen molar-refractivity contribution < 1.29 is 4.74 Å². The molecule has 0 bridgehead atoms.